The molecule has 1 saturated heterocycles. The van der Waals surface area contributed by atoms with Crippen LogP contribution in [-0.2, 0) is 4.79 Å². The molecule has 2 heterocycles. The van der Waals surface area contributed by atoms with Crippen LogP contribution in [0.5, 0.6) is 0 Å². The van der Waals surface area contributed by atoms with Crippen LogP contribution in [0.15, 0.2) is 48.7 Å². The van der Waals surface area contributed by atoms with Crippen LogP contribution in [0, 0.1) is 0 Å². The summed E-state index contributed by atoms with van der Waals surface area (Å²) in [4.78, 5) is 27.0. The van der Waals surface area contributed by atoms with Gasteiger partial charge in [0.1, 0.15) is 6.04 Å². The van der Waals surface area contributed by atoms with Gasteiger partial charge < -0.3 is 15.3 Å². The van der Waals surface area contributed by atoms with E-state index in [1.807, 2.05) is 6.07 Å². The normalized spacial score (nSPS) is 19.4. The topological polar surface area (TPSA) is 98.3 Å². The van der Waals surface area contributed by atoms with Crippen molar-refractivity contribution >= 4 is 40.0 Å². The lowest BCUT2D eigenvalue weighted by Crippen LogP contribution is -2.43. The number of nitrogens with zero attached hydrogens (tertiary/aromatic N) is 2. The largest absolute Gasteiger partial charge is 0.391 e. The number of fused-ring (bicyclic) bond motifs is 1. The van der Waals surface area contributed by atoms with Crippen molar-refractivity contribution in [2.24, 2.45) is 0 Å². The van der Waals surface area contributed by atoms with Crippen LogP contribution in [-0.4, -0.2) is 50.7 Å². The Kier molecular flexibility index (Phi) is 4.55. The van der Waals surface area contributed by atoms with Crippen LogP contribution in [0.25, 0.3) is 10.9 Å². The van der Waals surface area contributed by atoms with E-state index < -0.39 is 12.1 Å². The Balaban J connectivity index is 1.53. The Labute approximate surface area is 159 Å². The molecule has 0 aliphatic carbocycles. The number of aromatic amines is 1. The summed E-state index contributed by atoms with van der Waals surface area (Å²) in [5.74, 6) is -0.648. The number of benzene rings is 2. The second-order valence-corrected chi connectivity index (χ2v) is 6.97. The third kappa shape index (κ3) is 3.51. The molecular weight excluding hydrogens is 368 g/mol. The molecule has 3 N–H and O–H groups in total. The van der Waals surface area contributed by atoms with Gasteiger partial charge in [-0.3, -0.25) is 14.7 Å². The molecule has 0 saturated carbocycles. The van der Waals surface area contributed by atoms with Gasteiger partial charge in [0, 0.05) is 34.6 Å². The molecule has 1 aromatic heterocycles. The molecule has 2 aromatic carbocycles. The van der Waals surface area contributed by atoms with Gasteiger partial charge in [-0.2, -0.15) is 5.10 Å². The second kappa shape index (κ2) is 7.02. The van der Waals surface area contributed by atoms with E-state index in [2.05, 4.69) is 15.5 Å². The van der Waals surface area contributed by atoms with Crippen LogP contribution < -0.4 is 5.32 Å². The number of H-pyrrole nitrogens is 1. The van der Waals surface area contributed by atoms with Crippen molar-refractivity contribution < 1.29 is 14.7 Å². The van der Waals surface area contributed by atoms with Gasteiger partial charge in [-0.1, -0.05) is 11.6 Å². The van der Waals surface area contributed by atoms with Crippen molar-refractivity contribution in [1.82, 2.24) is 15.1 Å². The molecule has 2 atom stereocenters. The number of halogens is 1. The summed E-state index contributed by atoms with van der Waals surface area (Å²) in [5.41, 5.74) is 1.89. The quantitative estimate of drug-likeness (QED) is 0.646. The zero-order valence-electron chi connectivity index (χ0n) is 14.2. The number of likely N-dealkylation sites (tertiary alicyclic amines) is 1. The molecule has 0 spiro atoms. The highest BCUT2D eigenvalue weighted by Crippen LogP contribution is 2.24. The molecule has 8 heteroatoms. The standard InChI is InChI=1S/C19H17ClN4O3/c20-13-3-1-11(2-4-13)19(27)24-10-15(25)8-17(24)18(26)22-14-5-6-16-12(7-14)9-21-23-16/h1-7,9,15,17,25H,8,10H2,(H,21,23)(H,22,26)/t15-,17-/m1/s1. The summed E-state index contributed by atoms with van der Waals surface area (Å²) >= 11 is 5.87. The molecule has 3 aromatic rings. The molecule has 4 rings (SSSR count). The van der Waals surface area contributed by atoms with Crippen molar-refractivity contribution in [1.29, 1.82) is 0 Å². The van der Waals surface area contributed by atoms with Crippen molar-refractivity contribution in [3.63, 3.8) is 0 Å². The fraction of sp³-hybridized carbons (Fsp3) is 0.211. The van der Waals surface area contributed by atoms with Crippen LogP contribution >= 0.6 is 11.6 Å². The van der Waals surface area contributed by atoms with E-state index in [-0.39, 0.29) is 24.8 Å². The minimum atomic E-state index is -0.747. The predicted molar refractivity (Wildman–Crippen MR) is 102 cm³/mol. The first-order valence-electron chi connectivity index (χ1n) is 8.50. The number of aliphatic hydroxyl groups excluding tert-OH is 1. The first-order valence-corrected chi connectivity index (χ1v) is 8.87. The number of nitrogens with one attached hydrogen (secondary N) is 2. The summed E-state index contributed by atoms with van der Waals surface area (Å²) in [6.07, 6.45) is 1.12. The van der Waals surface area contributed by atoms with Crippen molar-refractivity contribution in [2.45, 2.75) is 18.6 Å². The van der Waals surface area contributed by atoms with E-state index in [1.165, 1.54) is 4.90 Å². The zero-order chi connectivity index (χ0) is 19.0. The number of rotatable bonds is 3. The Morgan fingerprint density at radius 1 is 1.22 bits per heavy atom. The van der Waals surface area contributed by atoms with Crippen molar-refractivity contribution in [3.05, 3.63) is 59.2 Å². The molecule has 2 amide bonds. The van der Waals surface area contributed by atoms with Crippen molar-refractivity contribution in [3.8, 4) is 0 Å². The number of aromatic nitrogens is 2. The van der Waals surface area contributed by atoms with Gasteiger partial charge in [-0.05, 0) is 42.5 Å². The monoisotopic (exact) mass is 384 g/mol. The highest BCUT2D eigenvalue weighted by atomic mass is 35.5. The minimum Gasteiger partial charge on any atom is -0.391 e. The summed E-state index contributed by atoms with van der Waals surface area (Å²) in [6.45, 7) is 0.111. The lowest BCUT2D eigenvalue weighted by molar-refractivity contribution is -0.119. The van der Waals surface area contributed by atoms with E-state index in [0.29, 0.717) is 16.3 Å². The average molecular weight is 385 g/mol. The number of β-amino-alcohol motifs (C(OH)–C–C–N with tert-alkyl or cyclic N) is 1. The maximum Gasteiger partial charge on any atom is 0.254 e. The van der Waals surface area contributed by atoms with E-state index in [9.17, 15) is 14.7 Å². The molecule has 0 bridgehead atoms. The second-order valence-electron chi connectivity index (χ2n) is 6.53. The lowest BCUT2D eigenvalue weighted by Gasteiger charge is -2.23. The van der Waals surface area contributed by atoms with E-state index >= 15 is 0 Å². The number of carbonyl (C=O) groups is 2. The Hall–Kier alpha value is -2.90. The summed E-state index contributed by atoms with van der Waals surface area (Å²) < 4.78 is 0. The molecule has 1 aliphatic rings. The van der Waals surface area contributed by atoms with E-state index in [4.69, 9.17) is 11.6 Å². The molecule has 138 valence electrons. The molecule has 7 nitrogen and oxygen atoms in total. The SMILES string of the molecule is O=C(Nc1ccc2[nH]ncc2c1)[C@H]1C[C@@H](O)CN1C(=O)c1ccc(Cl)cc1. The third-order valence-corrected chi connectivity index (χ3v) is 4.89. The smallest absolute Gasteiger partial charge is 0.254 e. The summed E-state index contributed by atoms with van der Waals surface area (Å²) in [6, 6.07) is 11.1. The van der Waals surface area contributed by atoms with Gasteiger partial charge in [-0.15, -0.1) is 0 Å². The fourth-order valence-electron chi connectivity index (χ4n) is 3.29. The summed E-state index contributed by atoms with van der Waals surface area (Å²) in [5, 5.41) is 21.0. The maximum atomic E-state index is 12.8. The van der Waals surface area contributed by atoms with E-state index in [0.717, 1.165) is 10.9 Å². The average Bonchev–Trinajstić information content (AvgIpc) is 3.27. The number of hydrogen-bond acceptors (Lipinski definition) is 4. The number of anilines is 1. The van der Waals surface area contributed by atoms with E-state index in [1.54, 1.807) is 42.6 Å². The maximum absolute atomic E-state index is 12.8. The Morgan fingerprint density at radius 3 is 2.78 bits per heavy atom. The Bertz CT molecular complexity index is 1000. The first kappa shape index (κ1) is 17.5. The van der Waals surface area contributed by atoms with Crippen LogP contribution in [0.3, 0.4) is 0 Å². The molecule has 0 radical (unpaired) electrons. The highest BCUT2D eigenvalue weighted by Gasteiger charge is 2.39. The van der Waals surface area contributed by atoms with Gasteiger partial charge in [0.2, 0.25) is 5.91 Å². The highest BCUT2D eigenvalue weighted by molar-refractivity contribution is 6.30. The van der Waals surface area contributed by atoms with Gasteiger partial charge >= 0.3 is 0 Å². The van der Waals surface area contributed by atoms with Crippen LogP contribution in [0.2, 0.25) is 5.02 Å². The van der Waals surface area contributed by atoms with Crippen molar-refractivity contribution in [2.75, 3.05) is 11.9 Å². The van der Waals surface area contributed by atoms with Gasteiger partial charge in [0.05, 0.1) is 17.8 Å². The summed E-state index contributed by atoms with van der Waals surface area (Å²) in [7, 11) is 0. The molecule has 1 fully saturated rings. The number of hydrogen-bond donors (Lipinski definition) is 3. The fourth-order valence-corrected chi connectivity index (χ4v) is 3.42. The van der Waals surface area contributed by atoms with Gasteiger partial charge in [-0.25, -0.2) is 0 Å². The predicted octanol–water partition coefficient (Wildman–Crippen LogP) is 2.43. The minimum absolute atomic E-state index is 0.111. The van der Waals surface area contributed by atoms with Crippen LogP contribution in [0.4, 0.5) is 5.69 Å². The lowest BCUT2D eigenvalue weighted by atomic mass is 10.1. The van der Waals surface area contributed by atoms with Gasteiger partial charge in [0.25, 0.3) is 5.91 Å². The number of aliphatic hydroxyl groups is 1. The molecule has 0 unspecified atom stereocenters. The Morgan fingerprint density at radius 2 is 2.00 bits per heavy atom. The molecule has 27 heavy (non-hydrogen) atoms. The molecule has 1 aliphatic heterocycles. The van der Waals surface area contributed by atoms with Gasteiger partial charge in [0.15, 0.2) is 0 Å². The first-order chi connectivity index (χ1) is 13.0. The zero-order valence-corrected chi connectivity index (χ0v) is 15.0. The number of carbonyl (C=O) groups excluding carboxylic acids is 2. The molecular formula is C19H17ClN4O3. The number of amides is 2. The third-order valence-electron chi connectivity index (χ3n) is 4.64. The van der Waals surface area contributed by atoms with Crippen LogP contribution in [0.1, 0.15) is 16.8 Å².